The molecule has 0 saturated heterocycles. The second kappa shape index (κ2) is 7.23. The maximum Gasteiger partial charge on any atom is 0.123 e. The van der Waals surface area contributed by atoms with Crippen LogP contribution in [0.15, 0.2) is 54.6 Å². The van der Waals surface area contributed by atoms with Crippen LogP contribution in [0.5, 0.6) is 5.75 Å². The second-order valence-electron chi connectivity index (χ2n) is 4.30. The van der Waals surface area contributed by atoms with Gasteiger partial charge in [-0.1, -0.05) is 56.3 Å². The zero-order valence-electron chi connectivity index (χ0n) is 10.2. The summed E-state index contributed by atoms with van der Waals surface area (Å²) in [5.74, 6) is 1.50. The Labute approximate surface area is 113 Å². The normalized spacial score (nSPS) is 10.6. The number of hydrogen-bond acceptors (Lipinski definition) is 1. The first kappa shape index (κ1) is 14.8. The van der Waals surface area contributed by atoms with Gasteiger partial charge in [-0.05, 0) is 23.6 Å². The largest absolute Gasteiger partial charge is 0.472 e. The minimum Gasteiger partial charge on any atom is -0.472 e. The topological polar surface area (TPSA) is 9.23 Å². The monoisotopic (exact) mass is 258 g/mol. The minimum atomic E-state index is 0. The molecule has 0 radical (unpaired) electrons. The van der Waals surface area contributed by atoms with E-state index in [9.17, 15) is 0 Å². The van der Waals surface area contributed by atoms with E-state index in [2.05, 4.69) is 44.2 Å². The molecule has 1 nitrogen and oxygen atoms in total. The van der Waals surface area contributed by atoms with Gasteiger partial charge in [0.25, 0.3) is 0 Å². The predicted octanol–water partition coefficient (Wildman–Crippen LogP) is 2.92. The molecule has 0 spiro atoms. The average molecular weight is 258 g/mol. The Morgan fingerprint density at radius 2 is 1.67 bits per heavy atom. The van der Waals surface area contributed by atoms with Gasteiger partial charge >= 0.3 is 0 Å². The van der Waals surface area contributed by atoms with Crippen LogP contribution in [-0.4, -0.2) is 8.41 Å². The Balaban J connectivity index is 0.00000162. The van der Waals surface area contributed by atoms with Crippen LogP contribution < -0.4 is 9.83 Å². The molecule has 0 heterocycles. The lowest BCUT2D eigenvalue weighted by molar-refractivity contribution is 0.635. The van der Waals surface area contributed by atoms with Crippen LogP contribution in [-0.2, 0) is 0 Å². The molecule has 0 bridgehead atoms. The molecule has 0 aliphatic carbocycles. The van der Waals surface area contributed by atoms with Gasteiger partial charge < -0.3 is 4.52 Å². The maximum absolute atomic E-state index is 5.81. The highest BCUT2D eigenvalue weighted by molar-refractivity contribution is 7.42. The molecule has 0 N–H and O–H groups in total. The number of rotatable bonds is 4. The van der Waals surface area contributed by atoms with Crippen molar-refractivity contribution in [1.82, 2.24) is 0 Å². The first-order valence-electron chi connectivity index (χ1n) is 5.83. The van der Waals surface area contributed by atoms with Crippen LogP contribution in [0.25, 0.3) is 0 Å². The van der Waals surface area contributed by atoms with Gasteiger partial charge in [-0.15, -0.1) is 0 Å². The summed E-state index contributed by atoms with van der Waals surface area (Å²) in [5.41, 5.74) is 1.32. The van der Waals surface area contributed by atoms with Crippen LogP contribution in [0, 0.1) is 0 Å². The highest BCUT2D eigenvalue weighted by Crippen LogP contribution is 2.24. The van der Waals surface area contributed by atoms with Gasteiger partial charge in [0, 0.05) is 5.30 Å². The Morgan fingerprint density at radius 3 is 2.33 bits per heavy atom. The van der Waals surface area contributed by atoms with E-state index < -0.39 is 0 Å². The Morgan fingerprint density at radius 1 is 0.944 bits per heavy atom. The van der Waals surface area contributed by atoms with Crippen LogP contribution in [0.3, 0.4) is 0 Å². The summed E-state index contributed by atoms with van der Waals surface area (Å²) in [4.78, 5) is 0. The molecule has 0 amide bonds. The maximum atomic E-state index is 5.81. The van der Waals surface area contributed by atoms with Gasteiger partial charge in [-0.25, -0.2) is 0 Å². The van der Waals surface area contributed by atoms with Crippen molar-refractivity contribution >= 4 is 22.5 Å². The van der Waals surface area contributed by atoms with Crippen LogP contribution in [0.2, 0.25) is 0 Å². The van der Waals surface area contributed by atoms with Crippen molar-refractivity contribution in [2.75, 3.05) is 0 Å². The fourth-order valence-electron chi connectivity index (χ4n) is 1.56. The average Bonchev–Trinajstić information content (AvgIpc) is 2.38. The molecule has 0 aromatic heterocycles. The van der Waals surface area contributed by atoms with Crippen molar-refractivity contribution in [2.24, 2.45) is 0 Å². The van der Waals surface area contributed by atoms with E-state index in [1.54, 1.807) is 0 Å². The molecule has 94 valence electrons. The van der Waals surface area contributed by atoms with E-state index in [0.29, 0.717) is 14.7 Å². The molecule has 0 fully saturated rings. The van der Waals surface area contributed by atoms with Gasteiger partial charge in [0.2, 0.25) is 0 Å². The summed E-state index contributed by atoms with van der Waals surface area (Å²) < 4.78 is 5.81. The summed E-state index contributed by atoms with van der Waals surface area (Å²) >= 11 is 0. The Bertz CT molecular complexity index is 471. The van der Waals surface area contributed by atoms with Gasteiger partial charge in [0.15, 0.2) is 0 Å². The first-order valence-corrected chi connectivity index (χ1v) is 6.74. The third-order valence-corrected chi connectivity index (χ3v) is 3.49. The van der Waals surface area contributed by atoms with E-state index in [1.165, 1.54) is 10.9 Å². The lowest BCUT2D eigenvalue weighted by Crippen LogP contribution is -1.95. The second-order valence-corrected chi connectivity index (χ2v) is 5.28. The van der Waals surface area contributed by atoms with Crippen molar-refractivity contribution in [2.45, 2.75) is 19.8 Å². The Hall–Kier alpha value is -1.27. The number of hydrogen-bond donors (Lipinski definition) is 0. The van der Waals surface area contributed by atoms with Crippen LogP contribution in [0.4, 0.5) is 0 Å². The molecule has 2 aromatic carbocycles. The lowest BCUT2D eigenvalue weighted by Gasteiger charge is -2.09. The molecule has 1 atom stereocenters. The minimum absolute atomic E-state index is 0. The predicted molar refractivity (Wildman–Crippen MR) is 85.5 cm³/mol. The highest BCUT2D eigenvalue weighted by Gasteiger charge is 2.01. The molecule has 2 aromatic rings. The smallest absolute Gasteiger partial charge is 0.123 e. The van der Waals surface area contributed by atoms with Gasteiger partial charge in [0.1, 0.15) is 14.6 Å². The quantitative estimate of drug-likeness (QED) is 0.605. The van der Waals surface area contributed by atoms with Gasteiger partial charge in [-0.3, -0.25) is 0 Å². The zero-order valence-corrected chi connectivity index (χ0v) is 11.2. The van der Waals surface area contributed by atoms with E-state index >= 15 is 0 Å². The summed E-state index contributed by atoms with van der Waals surface area (Å²) in [7, 11) is 0.372. The van der Waals surface area contributed by atoms with Crippen molar-refractivity contribution in [3.8, 4) is 5.75 Å². The van der Waals surface area contributed by atoms with Crippen LogP contribution >= 0.6 is 8.81 Å². The van der Waals surface area contributed by atoms with E-state index in [-0.39, 0.29) is 8.41 Å². The lowest BCUT2D eigenvalue weighted by atomic mass is 10.0. The summed E-state index contributed by atoms with van der Waals surface area (Å²) in [6.07, 6.45) is 0. The fraction of sp³-hybridized carbons (Fsp3) is 0.200. The molecule has 3 heteroatoms. The zero-order chi connectivity index (χ0) is 12.1. The van der Waals surface area contributed by atoms with Gasteiger partial charge in [-0.2, -0.15) is 0 Å². The standard InChI is InChI=1S/C15H17OP.BH3/c1-12(2)13-7-6-8-14(11-13)16-17-15-9-4-3-5-10-15;/h3-12,17H,1-2H3;1H3. The highest BCUT2D eigenvalue weighted by atomic mass is 31.1. The first-order chi connectivity index (χ1) is 8.25. The molecule has 2 rings (SSSR count). The molecule has 18 heavy (non-hydrogen) atoms. The van der Waals surface area contributed by atoms with E-state index in [1.807, 2.05) is 24.3 Å². The molecular formula is C15H20BOP. The summed E-state index contributed by atoms with van der Waals surface area (Å²) in [5, 5.41) is 1.22. The van der Waals surface area contributed by atoms with Gasteiger partial charge in [0.05, 0.1) is 8.41 Å². The van der Waals surface area contributed by atoms with Crippen molar-refractivity contribution in [1.29, 1.82) is 0 Å². The molecular weight excluding hydrogens is 238 g/mol. The van der Waals surface area contributed by atoms with E-state index in [0.717, 1.165) is 5.75 Å². The van der Waals surface area contributed by atoms with Crippen molar-refractivity contribution < 1.29 is 4.52 Å². The fourth-order valence-corrected chi connectivity index (χ4v) is 2.25. The molecule has 1 unspecified atom stereocenters. The summed E-state index contributed by atoms with van der Waals surface area (Å²) in [6.45, 7) is 4.39. The third-order valence-electron chi connectivity index (χ3n) is 2.59. The summed E-state index contributed by atoms with van der Waals surface area (Å²) in [6, 6.07) is 18.6. The third kappa shape index (κ3) is 4.20. The Kier molecular flexibility index (Phi) is 5.94. The molecule has 0 aliphatic rings. The van der Waals surface area contributed by atoms with Crippen molar-refractivity contribution in [3.05, 3.63) is 60.2 Å². The molecule has 0 aliphatic heterocycles. The van der Waals surface area contributed by atoms with Crippen molar-refractivity contribution in [3.63, 3.8) is 0 Å². The van der Waals surface area contributed by atoms with E-state index in [4.69, 9.17) is 4.52 Å². The van der Waals surface area contributed by atoms with Crippen LogP contribution in [0.1, 0.15) is 25.3 Å². The SMILES string of the molecule is B.CC(C)c1cccc(OPc2ccccc2)c1. The number of benzene rings is 2. The molecule has 0 saturated carbocycles.